The van der Waals surface area contributed by atoms with Crippen molar-refractivity contribution in [3.63, 3.8) is 0 Å². The fraction of sp³-hybridized carbons (Fsp3) is 0.0455. The van der Waals surface area contributed by atoms with Gasteiger partial charge < -0.3 is 9.73 Å². The summed E-state index contributed by atoms with van der Waals surface area (Å²) in [6, 6.07) is 18.7. The number of anilines is 1. The molecule has 0 aliphatic rings. The van der Waals surface area contributed by atoms with Crippen LogP contribution < -0.4 is 5.32 Å². The van der Waals surface area contributed by atoms with E-state index >= 15 is 0 Å². The minimum absolute atomic E-state index is 0.139. The molecule has 0 fully saturated rings. The summed E-state index contributed by atoms with van der Waals surface area (Å²) in [6.07, 6.45) is 3.47. The largest absolute Gasteiger partial charge is 0.454 e. The monoisotopic (exact) mass is 405 g/mol. The fourth-order valence-corrected chi connectivity index (χ4v) is 3.05. The van der Waals surface area contributed by atoms with Gasteiger partial charge in [-0.3, -0.25) is 14.3 Å². The smallest absolute Gasteiger partial charge is 0.291 e. The molecule has 1 N–H and O–H groups in total. The Kier molecular flexibility index (Phi) is 5.27. The van der Waals surface area contributed by atoms with Crippen LogP contribution >= 0.6 is 11.6 Å². The van der Waals surface area contributed by atoms with Gasteiger partial charge in [0.2, 0.25) is 0 Å². The number of nitrogens with one attached hydrogen (secondary N) is 1. The molecule has 0 saturated carbocycles. The molecule has 2 heterocycles. The van der Waals surface area contributed by atoms with Crippen molar-refractivity contribution >= 4 is 29.0 Å². The normalized spacial score (nSPS) is 10.7. The van der Waals surface area contributed by atoms with Crippen LogP contribution in [0.4, 0.5) is 5.69 Å². The van der Waals surface area contributed by atoms with Crippen LogP contribution in [0.2, 0.25) is 5.02 Å². The summed E-state index contributed by atoms with van der Waals surface area (Å²) in [5.74, 6) is 0.0409. The first-order valence-corrected chi connectivity index (χ1v) is 9.25. The van der Waals surface area contributed by atoms with Crippen LogP contribution in [-0.4, -0.2) is 21.5 Å². The van der Waals surface area contributed by atoms with Gasteiger partial charge in [-0.05, 0) is 36.4 Å². The molecule has 0 atom stereocenters. The van der Waals surface area contributed by atoms with Crippen molar-refractivity contribution in [2.24, 2.45) is 0 Å². The quantitative estimate of drug-likeness (QED) is 0.473. The number of rotatable bonds is 6. The van der Waals surface area contributed by atoms with Gasteiger partial charge in [-0.15, -0.1) is 0 Å². The third-order valence-corrected chi connectivity index (χ3v) is 4.51. The van der Waals surface area contributed by atoms with Gasteiger partial charge in [0.05, 0.1) is 12.2 Å². The number of furan rings is 1. The summed E-state index contributed by atoms with van der Waals surface area (Å²) >= 11 is 6.08. The molecular formula is C22H16ClN3O3. The molecular weight excluding hydrogens is 390 g/mol. The predicted molar refractivity (Wildman–Crippen MR) is 109 cm³/mol. The molecule has 2 aromatic carbocycles. The molecule has 4 rings (SSSR count). The predicted octanol–water partition coefficient (Wildman–Crippen LogP) is 4.66. The first-order valence-electron chi connectivity index (χ1n) is 8.87. The lowest BCUT2D eigenvalue weighted by Gasteiger charge is -2.10. The standard InChI is InChI=1S/C22H16ClN3O3/c23-16-7-9-19(18(13-16)21(27)15-5-2-1-3-6-15)25-22(28)20-10-8-17(29-20)14-26-12-4-11-24-26/h1-13H,14H2,(H,25,28). The van der Waals surface area contributed by atoms with E-state index in [1.54, 1.807) is 65.6 Å². The third-order valence-electron chi connectivity index (χ3n) is 4.27. The second-order valence-corrected chi connectivity index (χ2v) is 6.75. The maximum absolute atomic E-state index is 12.9. The number of nitrogens with zero attached hydrogens (tertiary/aromatic N) is 2. The molecule has 29 heavy (non-hydrogen) atoms. The van der Waals surface area contributed by atoms with E-state index < -0.39 is 5.91 Å². The highest BCUT2D eigenvalue weighted by Gasteiger charge is 2.18. The summed E-state index contributed by atoms with van der Waals surface area (Å²) < 4.78 is 7.31. The molecule has 6 nitrogen and oxygen atoms in total. The van der Waals surface area contributed by atoms with Gasteiger partial charge in [0, 0.05) is 28.5 Å². The van der Waals surface area contributed by atoms with E-state index in [-0.39, 0.29) is 11.5 Å². The Balaban J connectivity index is 1.56. The number of hydrogen-bond acceptors (Lipinski definition) is 4. The van der Waals surface area contributed by atoms with Crippen molar-refractivity contribution in [1.82, 2.24) is 9.78 Å². The number of carbonyl (C=O) groups excluding carboxylic acids is 2. The van der Waals surface area contributed by atoms with E-state index in [0.717, 1.165) is 0 Å². The van der Waals surface area contributed by atoms with Crippen molar-refractivity contribution in [2.75, 3.05) is 5.32 Å². The molecule has 144 valence electrons. The maximum atomic E-state index is 12.9. The Morgan fingerprint density at radius 1 is 1.03 bits per heavy atom. The Labute approximate surface area is 171 Å². The third kappa shape index (κ3) is 4.28. The summed E-state index contributed by atoms with van der Waals surface area (Å²) in [4.78, 5) is 25.5. The first kappa shape index (κ1) is 18.7. The Bertz CT molecular complexity index is 1150. The van der Waals surface area contributed by atoms with Crippen LogP contribution in [-0.2, 0) is 6.54 Å². The van der Waals surface area contributed by atoms with Crippen molar-refractivity contribution in [2.45, 2.75) is 6.54 Å². The van der Waals surface area contributed by atoms with Gasteiger partial charge in [-0.1, -0.05) is 41.9 Å². The molecule has 2 aromatic heterocycles. The Morgan fingerprint density at radius 3 is 2.62 bits per heavy atom. The number of halogens is 1. The van der Waals surface area contributed by atoms with Crippen molar-refractivity contribution in [3.05, 3.63) is 107 Å². The minimum Gasteiger partial charge on any atom is -0.454 e. The molecule has 0 saturated heterocycles. The van der Waals surface area contributed by atoms with Crippen LogP contribution in [0.3, 0.4) is 0 Å². The van der Waals surface area contributed by atoms with Crippen LogP contribution in [0.1, 0.15) is 32.2 Å². The van der Waals surface area contributed by atoms with Crippen molar-refractivity contribution in [3.8, 4) is 0 Å². The first-order chi connectivity index (χ1) is 14.1. The van der Waals surface area contributed by atoms with Crippen LogP contribution in [0.15, 0.2) is 83.5 Å². The molecule has 0 radical (unpaired) electrons. The summed E-state index contributed by atoms with van der Waals surface area (Å²) in [5, 5.41) is 7.25. The van der Waals surface area contributed by atoms with Crippen LogP contribution in [0.25, 0.3) is 0 Å². The van der Waals surface area contributed by atoms with Crippen molar-refractivity contribution in [1.29, 1.82) is 0 Å². The van der Waals surface area contributed by atoms with E-state index in [1.165, 1.54) is 6.07 Å². The second kappa shape index (κ2) is 8.16. The fourth-order valence-electron chi connectivity index (χ4n) is 2.88. The maximum Gasteiger partial charge on any atom is 0.291 e. The zero-order valence-corrected chi connectivity index (χ0v) is 16.0. The van der Waals surface area contributed by atoms with Crippen LogP contribution in [0.5, 0.6) is 0 Å². The van der Waals surface area contributed by atoms with E-state index in [2.05, 4.69) is 10.4 Å². The summed E-state index contributed by atoms with van der Waals surface area (Å²) in [5.41, 5.74) is 1.17. The zero-order chi connectivity index (χ0) is 20.2. The molecule has 0 aliphatic carbocycles. The van der Waals surface area contributed by atoms with E-state index in [1.807, 2.05) is 12.1 Å². The highest BCUT2D eigenvalue weighted by molar-refractivity contribution is 6.31. The van der Waals surface area contributed by atoms with E-state index in [4.69, 9.17) is 16.0 Å². The Morgan fingerprint density at radius 2 is 1.86 bits per heavy atom. The summed E-state index contributed by atoms with van der Waals surface area (Å²) in [6.45, 7) is 0.416. The van der Waals surface area contributed by atoms with E-state index in [0.29, 0.717) is 34.1 Å². The number of ketones is 1. The van der Waals surface area contributed by atoms with Gasteiger partial charge in [0.1, 0.15) is 5.76 Å². The molecule has 0 aliphatic heterocycles. The molecule has 1 amide bonds. The average Bonchev–Trinajstić information content (AvgIpc) is 3.42. The summed E-state index contributed by atoms with van der Waals surface area (Å²) in [7, 11) is 0. The van der Waals surface area contributed by atoms with Crippen LogP contribution in [0, 0.1) is 0 Å². The molecule has 7 heteroatoms. The lowest BCUT2D eigenvalue weighted by atomic mass is 10.0. The number of benzene rings is 2. The van der Waals surface area contributed by atoms with Gasteiger partial charge in [0.25, 0.3) is 5.91 Å². The topological polar surface area (TPSA) is 77.1 Å². The van der Waals surface area contributed by atoms with Gasteiger partial charge in [-0.2, -0.15) is 5.10 Å². The molecule has 0 bridgehead atoms. The minimum atomic E-state index is -0.457. The zero-order valence-electron chi connectivity index (χ0n) is 15.2. The van der Waals surface area contributed by atoms with Gasteiger partial charge in [0.15, 0.2) is 11.5 Å². The van der Waals surface area contributed by atoms with Crippen molar-refractivity contribution < 1.29 is 14.0 Å². The van der Waals surface area contributed by atoms with Gasteiger partial charge in [-0.25, -0.2) is 0 Å². The lowest BCUT2D eigenvalue weighted by Crippen LogP contribution is -2.14. The lowest BCUT2D eigenvalue weighted by molar-refractivity contribution is 0.0994. The highest BCUT2D eigenvalue weighted by Crippen LogP contribution is 2.24. The molecule has 0 unspecified atom stereocenters. The molecule has 4 aromatic rings. The number of carbonyl (C=O) groups is 2. The Hall–Kier alpha value is -3.64. The molecule has 0 spiro atoms. The number of amides is 1. The average molecular weight is 406 g/mol. The van der Waals surface area contributed by atoms with E-state index in [9.17, 15) is 9.59 Å². The number of aromatic nitrogens is 2. The second-order valence-electron chi connectivity index (χ2n) is 6.31. The highest BCUT2D eigenvalue weighted by atomic mass is 35.5. The van der Waals surface area contributed by atoms with Gasteiger partial charge >= 0.3 is 0 Å². The number of hydrogen-bond donors (Lipinski definition) is 1. The SMILES string of the molecule is O=C(Nc1ccc(Cl)cc1C(=O)c1ccccc1)c1ccc(Cn2cccn2)o1.